The van der Waals surface area contributed by atoms with Gasteiger partial charge in [-0.15, -0.1) is 16.9 Å². The lowest BCUT2D eigenvalue weighted by Crippen LogP contribution is -2.42. The van der Waals surface area contributed by atoms with Gasteiger partial charge in [-0.1, -0.05) is 0 Å². The molecule has 0 aromatic carbocycles. The van der Waals surface area contributed by atoms with Gasteiger partial charge in [0, 0.05) is 18.8 Å². The molecule has 9 heteroatoms. The van der Waals surface area contributed by atoms with Gasteiger partial charge in [0.25, 0.3) is 10.7 Å². The van der Waals surface area contributed by atoms with E-state index in [4.69, 9.17) is 25.8 Å². The Balaban J connectivity index is 1.71. The number of carbonyl (C=O) groups is 1. The number of nitrogens with zero attached hydrogens (tertiary/aromatic N) is 3. The van der Waals surface area contributed by atoms with Gasteiger partial charge >= 0.3 is 5.97 Å². The van der Waals surface area contributed by atoms with Crippen LogP contribution in [0.3, 0.4) is 0 Å². The number of hydrogen-bond donors (Lipinski definition) is 0. The molecule has 0 amide bonds. The Labute approximate surface area is 136 Å². The summed E-state index contributed by atoms with van der Waals surface area (Å²) in [4.78, 5) is 14.0. The summed E-state index contributed by atoms with van der Waals surface area (Å²) in [5, 5.41) is 4.15. The second kappa shape index (κ2) is 6.67. The lowest BCUT2D eigenvalue weighted by molar-refractivity contribution is -0.140. The Bertz CT molecular complexity index is 694. The first-order chi connectivity index (χ1) is 10.7. The number of methoxy groups -OCH3 is 1. The summed E-state index contributed by atoms with van der Waals surface area (Å²) in [5.41, 5.74) is 0. The standard InChI is InChI=1S/C13H15N3O4S2/c1-18-12(17)10-7-15(4-6-22-10)8-16-13(21)20-11(14-16)9-3-2-5-19-9/h2-3,5,10H,4,6-8H2,1H3/t10-/m0/s1. The summed E-state index contributed by atoms with van der Waals surface area (Å²) in [5.74, 6) is 1.54. The van der Waals surface area contributed by atoms with Crippen LogP contribution in [0.5, 0.6) is 0 Å². The smallest absolute Gasteiger partial charge is 0.320 e. The molecule has 0 bridgehead atoms. The van der Waals surface area contributed by atoms with Crippen molar-refractivity contribution in [3.63, 3.8) is 0 Å². The van der Waals surface area contributed by atoms with Crippen LogP contribution in [0.1, 0.15) is 0 Å². The Morgan fingerprint density at radius 2 is 2.50 bits per heavy atom. The van der Waals surface area contributed by atoms with Gasteiger partial charge < -0.3 is 13.6 Å². The van der Waals surface area contributed by atoms with E-state index in [0.717, 1.165) is 12.3 Å². The maximum Gasteiger partial charge on any atom is 0.320 e. The van der Waals surface area contributed by atoms with E-state index in [0.29, 0.717) is 24.9 Å². The molecule has 1 aliphatic heterocycles. The van der Waals surface area contributed by atoms with Crippen LogP contribution in [0, 0.1) is 4.84 Å². The molecule has 0 aliphatic carbocycles. The van der Waals surface area contributed by atoms with Gasteiger partial charge in [-0.25, -0.2) is 4.68 Å². The molecule has 118 valence electrons. The third-order valence-corrected chi connectivity index (χ3v) is 4.74. The summed E-state index contributed by atoms with van der Waals surface area (Å²) in [6, 6.07) is 3.52. The number of rotatable bonds is 4. The van der Waals surface area contributed by atoms with E-state index in [2.05, 4.69) is 10.00 Å². The molecule has 1 saturated heterocycles. The largest absolute Gasteiger partial charge is 0.468 e. The molecule has 2 aromatic rings. The normalized spacial score (nSPS) is 19.2. The molecule has 0 saturated carbocycles. The van der Waals surface area contributed by atoms with Gasteiger partial charge in [0.1, 0.15) is 5.25 Å². The van der Waals surface area contributed by atoms with Gasteiger partial charge in [-0.05, 0) is 24.4 Å². The highest BCUT2D eigenvalue weighted by atomic mass is 32.2. The van der Waals surface area contributed by atoms with Crippen LogP contribution in [0.15, 0.2) is 27.2 Å². The van der Waals surface area contributed by atoms with Gasteiger partial charge in [0.2, 0.25) is 0 Å². The quantitative estimate of drug-likeness (QED) is 0.618. The van der Waals surface area contributed by atoms with Crippen LogP contribution >= 0.6 is 24.0 Å². The third-order valence-electron chi connectivity index (χ3n) is 3.29. The van der Waals surface area contributed by atoms with Crippen molar-refractivity contribution in [1.82, 2.24) is 14.7 Å². The van der Waals surface area contributed by atoms with Crippen molar-refractivity contribution < 1.29 is 18.4 Å². The predicted molar refractivity (Wildman–Crippen MR) is 82.9 cm³/mol. The first kappa shape index (κ1) is 15.3. The van der Waals surface area contributed by atoms with Gasteiger partial charge in [0.15, 0.2) is 5.76 Å². The third kappa shape index (κ3) is 3.26. The number of furan rings is 1. The topological polar surface area (TPSA) is 73.6 Å². The van der Waals surface area contributed by atoms with Crippen molar-refractivity contribution in [2.45, 2.75) is 11.9 Å². The second-order valence-electron chi connectivity index (χ2n) is 4.75. The maximum atomic E-state index is 11.6. The van der Waals surface area contributed by atoms with Crippen LogP contribution in [0.2, 0.25) is 0 Å². The molecule has 1 aliphatic rings. The summed E-state index contributed by atoms with van der Waals surface area (Å²) in [6.07, 6.45) is 1.55. The molecule has 1 atom stereocenters. The number of aromatic nitrogens is 2. The number of carbonyl (C=O) groups excluding carboxylic acids is 1. The van der Waals surface area contributed by atoms with Crippen molar-refractivity contribution in [3.05, 3.63) is 23.2 Å². The molecule has 3 heterocycles. The minimum absolute atomic E-state index is 0.177. The molecular formula is C13H15N3O4S2. The minimum atomic E-state index is -0.199. The Kier molecular flexibility index (Phi) is 4.65. The zero-order valence-corrected chi connectivity index (χ0v) is 13.6. The SMILES string of the molecule is COC(=O)[C@@H]1CN(Cn2nc(-c3ccco3)oc2=S)CCS1. The highest BCUT2D eigenvalue weighted by Gasteiger charge is 2.27. The average molecular weight is 341 g/mol. The van der Waals surface area contributed by atoms with E-state index in [1.165, 1.54) is 7.11 Å². The molecule has 0 radical (unpaired) electrons. The molecular weight excluding hydrogens is 326 g/mol. The van der Waals surface area contributed by atoms with Crippen LogP contribution in [0.4, 0.5) is 0 Å². The summed E-state index contributed by atoms with van der Waals surface area (Å²) >= 11 is 6.80. The highest BCUT2D eigenvalue weighted by molar-refractivity contribution is 8.00. The minimum Gasteiger partial charge on any atom is -0.468 e. The molecule has 7 nitrogen and oxygen atoms in total. The number of ether oxygens (including phenoxy) is 1. The first-order valence-corrected chi connectivity index (χ1v) is 8.16. The van der Waals surface area contributed by atoms with E-state index in [9.17, 15) is 4.79 Å². The second-order valence-corrected chi connectivity index (χ2v) is 6.41. The van der Waals surface area contributed by atoms with Crippen molar-refractivity contribution >= 4 is 29.9 Å². The van der Waals surface area contributed by atoms with E-state index in [1.807, 2.05) is 0 Å². The number of hydrogen-bond acceptors (Lipinski definition) is 8. The number of esters is 1. The van der Waals surface area contributed by atoms with E-state index in [1.54, 1.807) is 34.8 Å². The fourth-order valence-corrected chi connectivity index (χ4v) is 3.56. The molecule has 0 N–H and O–H groups in total. The predicted octanol–water partition coefficient (Wildman–Crippen LogP) is 2.01. The molecule has 0 unspecified atom stereocenters. The Morgan fingerprint density at radius 1 is 1.64 bits per heavy atom. The summed E-state index contributed by atoms with van der Waals surface area (Å²) < 4.78 is 17.1. The van der Waals surface area contributed by atoms with Crippen molar-refractivity contribution in [1.29, 1.82) is 0 Å². The van der Waals surface area contributed by atoms with Gasteiger partial charge in [-0.3, -0.25) is 9.69 Å². The van der Waals surface area contributed by atoms with E-state index < -0.39 is 0 Å². The van der Waals surface area contributed by atoms with Gasteiger partial charge in [0.05, 0.1) is 20.0 Å². The van der Waals surface area contributed by atoms with Crippen LogP contribution in [-0.4, -0.2) is 51.9 Å². The maximum absolute atomic E-state index is 11.6. The van der Waals surface area contributed by atoms with E-state index in [-0.39, 0.29) is 16.1 Å². The molecule has 1 fully saturated rings. The summed E-state index contributed by atoms with van der Waals surface area (Å²) in [6.45, 7) is 1.92. The average Bonchev–Trinajstić information content (AvgIpc) is 3.17. The van der Waals surface area contributed by atoms with Crippen molar-refractivity contribution in [3.8, 4) is 11.7 Å². The lowest BCUT2D eigenvalue weighted by Gasteiger charge is -2.30. The zero-order chi connectivity index (χ0) is 15.5. The number of thioether (sulfide) groups is 1. The Hall–Kier alpha value is -1.58. The fourth-order valence-electron chi connectivity index (χ4n) is 2.19. The molecule has 22 heavy (non-hydrogen) atoms. The fraction of sp³-hybridized carbons (Fsp3) is 0.462. The van der Waals surface area contributed by atoms with Crippen molar-refractivity contribution in [2.75, 3.05) is 26.0 Å². The van der Waals surface area contributed by atoms with Crippen LogP contribution in [-0.2, 0) is 16.2 Å². The monoisotopic (exact) mass is 341 g/mol. The molecule has 2 aromatic heterocycles. The lowest BCUT2D eigenvalue weighted by atomic mass is 10.3. The van der Waals surface area contributed by atoms with Crippen LogP contribution < -0.4 is 0 Å². The highest BCUT2D eigenvalue weighted by Crippen LogP contribution is 2.21. The summed E-state index contributed by atoms with van der Waals surface area (Å²) in [7, 11) is 1.41. The van der Waals surface area contributed by atoms with Crippen LogP contribution in [0.25, 0.3) is 11.7 Å². The first-order valence-electron chi connectivity index (χ1n) is 6.71. The molecule has 0 spiro atoms. The Morgan fingerprint density at radius 3 is 3.23 bits per heavy atom. The van der Waals surface area contributed by atoms with E-state index >= 15 is 0 Å². The van der Waals surface area contributed by atoms with Gasteiger partial charge in [-0.2, -0.15) is 0 Å². The molecule has 3 rings (SSSR count). The van der Waals surface area contributed by atoms with Crippen molar-refractivity contribution in [2.24, 2.45) is 0 Å². The zero-order valence-electron chi connectivity index (χ0n) is 11.9.